The van der Waals surface area contributed by atoms with Gasteiger partial charge < -0.3 is 16.2 Å². The monoisotopic (exact) mass is 394 g/mol. The van der Waals surface area contributed by atoms with E-state index in [-0.39, 0.29) is 5.97 Å². The summed E-state index contributed by atoms with van der Waals surface area (Å²) in [5, 5.41) is 0. The quantitative estimate of drug-likeness (QED) is 0.155. The highest BCUT2D eigenvalue weighted by Gasteiger charge is 2.13. The topological polar surface area (TPSA) is 78.3 Å². The van der Waals surface area contributed by atoms with Gasteiger partial charge in [0.25, 0.3) is 0 Å². The third kappa shape index (κ3) is 19.6. The molecule has 0 aliphatic rings. The first-order valence-electron chi connectivity index (χ1n) is 11.6. The standard InChI is InChI=1S/C24H46N2O2/c1-2-3-4-5-6-7-8-9-10-11-12-13-14-15-16-19-22-28-24(27)23(26)20-17-18-21-25/h6-7,9-10,23H,2-5,8,11-22,25-26H2,1H3/t23-/m0/s1. The molecule has 0 radical (unpaired) electrons. The van der Waals surface area contributed by atoms with Crippen molar-refractivity contribution in [2.24, 2.45) is 11.5 Å². The molecule has 4 nitrogen and oxygen atoms in total. The van der Waals surface area contributed by atoms with Crippen molar-refractivity contribution in [1.29, 1.82) is 0 Å². The van der Waals surface area contributed by atoms with Gasteiger partial charge in [-0.15, -0.1) is 0 Å². The van der Waals surface area contributed by atoms with Crippen molar-refractivity contribution in [3.05, 3.63) is 24.3 Å². The maximum absolute atomic E-state index is 11.7. The van der Waals surface area contributed by atoms with E-state index in [1.165, 1.54) is 57.8 Å². The van der Waals surface area contributed by atoms with Crippen molar-refractivity contribution >= 4 is 5.97 Å². The van der Waals surface area contributed by atoms with Gasteiger partial charge in [0.2, 0.25) is 0 Å². The predicted molar refractivity (Wildman–Crippen MR) is 121 cm³/mol. The summed E-state index contributed by atoms with van der Waals surface area (Å²) in [5.74, 6) is -0.264. The van der Waals surface area contributed by atoms with E-state index in [9.17, 15) is 4.79 Å². The maximum atomic E-state index is 11.7. The van der Waals surface area contributed by atoms with Crippen molar-refractivity contribution in [1.82, 2.24) is 0 Å². The van der Waals surface area contributed by atoms with Gasteiger partial charge in [-0.2, -0.15) is 0 Å². The number of hydrogen-bond donors (Lipinski definition) is 2. The molecule has 0 bridgehead atoms. The zero-order valence-electron chi connectivity index (χ0n) is 18.4. The lowest BCUT2D eigenvalue weighted by Gasteiger charge is -2.11. The number of carbonyl (C=O) groups excluding carboxylic acids is 1. The lowest BCUT2D eigenvalue weighted by Crippen LogP contribution is -2.32. The van der Waals surface area contributed by atoms with Crippen molar-refractivity contribution in [3.63, 3.8) is 0 Å². The van der Waals surface area contributed by atoms with Gasteiger partial charge in [-0.05, 0) is 57.9 Å². The normalized spacial score (nSPS) is 12.8. The Hall–Kier alpha value is -1.13. The van der Waals surface area contributed by atoms with Crippen molar-refractivity contribution < 1.29 is 9.53 Å². The number of unbranched alkanes of at least 4 members (excludes halogenated alkanes) is 10. The molecule has 0 amide bonds. The summed E-state index contributed by atoms with van der Waals surface area (Å²) in [5.41, 5.74) is 11.2. The molecule has 0 aliphatic carbocycles. The molecule has 0 aromatic rings. The first-order valence-corrected chi connectivity index (χ1v) is 11.6. The van der Waals surface area contributed by atoms with E-state index in [0.717, 1.165) is 32.1 Å². The number of allylic oxidation sites excluding steroid dienone is 4. The van der Waals surface area contributed by atoms with Crippen LogP contribution in [0.1, 0.15) is 103 Å². The van der Waals surface area contributed by atoms with Gasteiger partial charge >= 0.3 is 5.97 Å². The van der Waals surface area contributed by atoms with Crippen LogP contribution in [0, 0.1) is 0 Å². The van der Waals surface area contributed by atoms with E-state index >= 15 is 0 Å². The molecular weight excluding hydrogens is 348 g/mol. The van der Waals surface area contributed by atoms with E-state index in [1.807, 2.05) is 0 Å². The zero-order chi connectivity index (χ0) is 20.7. The van der Waals surface area contributed by atoms with E-state index < -0.39 is 6.04 Å². The van der Waals surface area contributed by atoms with Crippen LogP contribution in [0.25, 0.3) is 0 Å². The van der Waals surface area contributed by atoms with Crippen LogP contribution in [0.5, 0.6) is 0 Å². The highest BCUT2D eigenvalue weighted by atomic mass is 16.5. The van der Waals surface area contributed by atoms with Gasteiger partial charge in [-0.3, -0.25) is 4.79 Å². The molecule has 0 heterocycles. The van der Waals surface area contributed by atoms with E-state index in [1.54, 1.807) is 0 Å². The average Bonchev–Trinajstić information content (AvgIpc) is 2.70. The Bertz CT molecular complexity index is 394. The second-order valence-electron chi connectivity index (χ2n) is 7.64. The summed E-state index contributed by atoms with van der Waals surface area (Å²) in [6.07, 6.45) is 26.2. The minimum atomic E-state index is -0.490. The Balaban J connectivity index is 3.33. The smallest absolute Gasteiger partial charge is 0.322 e. The molecule has 164 valence electrons. The van der Waals surface area contributed by atoms with Crippen molar-refractivity contribution in [3.8, 4) is 0 Å². The van der Waals surface area contributed by atoms with Gasteiger partial charge in [0.05, 0.1) is 6.61 Å². The summed E-state index contributed by atoms with van der Waals surface area (Å²) >= 11 is 0. The zero-order valence-corrected chi connectivity index (χ0v) is 18.4. The molecule has 0 saturated carbocycles. The Morgan fingerprint density at radius 2 is 1.43 bits per heavy atom. The molecule has 0 aromatic carbocycles. The van der Waals surface area contributed by atoms with Gasteiger partial charge in [-0.1, -0.05) is 76.2 Å². The van der Waals surface area contributed by atoms with Crippen LogP contribution < -0.4 is 11.5 Å². The molecule has 0 fully saturated rings. The van der Waals surface area contributed by atoms with Crippen LogP contribution in [-0.4, -0.2) is 25.2 Å². The van der Waals surface area contributed by atoms with Crippen molar-refractivity contribution in [2.45, 2.75) is 109 Å². The van der Waals surface area contributed by atoms with Crippen LogP contribution in [0.3, 0.4) is 0 Å². The minimum absolute atomic E-state index is 0.264. The van der Waals surface area contributed by atoms with E-state index in [4.69, 9.17) is 16.2 Å². The SMILES string of the molecule is CCCCCC=CCC=CCCCCCCCCOC(=O)[C@@H](N)CCCCN. The van der Waals surface area contributed by atoms with Gasteiger partial charge in [0.1, 0.15) is 6.04 Å². The predicted octanol–water partition coefficient (Wildman–Crippen LogP) is 5.80. The number of rotatable bonds is 20. The van der Waals surface area contributed by atoms with Gasteiger partial charge in [0.15, 0.2) is 0 Å². The van der Waals surface area contributed by atoms with Crippen LogP contribution in [0.15, 0.2) is 24.3 Å². The fraction of sp³-hybridized carbons (Fsp3) is 0.792. The molecular formula is C24H46N2O2. The largest absolute Gasteiger partial charge is 0.465 e. The number of esters is 1. The molecule has 0 rings (SSSR count). The number of hydrogen-bond acceptors (Lipinski definition) is 4. The molecule has 28 heavy (non-hydrogen) atoms. The minimum Gasteiger partial charge on any atom is -0.465 e. The number of carbonyl (C=O) groups is 1. The summed E-state index contributed by atoms with van der Waals surface area (Å²) in [7, 11) is 0. The highest BCUT2D eigenvalue weighted by molar-refractivity contribution is 5.75. The van der Waals surface area contributed by atoms with Crippen LogP contribution in [0.4, 0.5) is 0 Å². The molecule has 4 N–H and O–H groups in total. The third-order valence-corrected chi connectivity index (χ3v) is 4.86. The summed E-state index contributed by atoms with van der Waals surface area (Å²) in [6.45, 7) is 3.39. The first kappa shape index (κ1) is 26.9. The fourth-order valence-electron chi connectivity index (χ4n) is 3.00. The molecule has 0 unspecified atom stereocenters. The maximum Gasteiger partial charge on any atom is 0.322 e. The summed E-state index contributed by atoms with van der Waals surface area (Å²) in [6, 6.07) is -0.490. The summed E-state index contributed by atoms with van der Waals surface area (Å²) < 4.78 is 5.24. The van der Waals surface area contributed by atoms with Gasteiger partial charge in [0, 0.05) is 0 Å². The highest BCUT2D eigenvalue weighted by Crippen LogP contribution is 2.09. The Morgan fingerprint density at radius 3 is 2.07 bits per heavy atom. The van der Waals surface area contributed by atoms with Crippen LogP contribution in [0.2, 0.25) is 0 Å². The van der Waals surface area contributed by atoms with E-state index in [2.05, 4.69) is 31.2 Å². The average molecular weight is 395 g/mol. The Morgan fingerprint density at radius 1 is 0.821 bits per heavy atom. The van der Waals surface area contributed by atoms with Gasteiger partial charge in [-0.25, -0.2) is 0 Å². The van der Waals surface area contributed by atoms with E-state index in [0.29, 0.717) is 19.6 Å². The Kier molecular flexibility index (Phi) is 21.3. The molecule has 4 heteroatoms. The molecule has 0 aliphatic heterocycles. The van der Waals surface area contributed by atoms with Crippen LogP contribution >= 0.6 is 0 Å². The molecule has 1 atom stereocenters. The fourth-order valence-corrected chi connectivity index (χ4v) is 3.00. The van der Waals surface area contributed by atoms with Crippen molar-refractivity contribution in [2.75, 3.05) is 13.2 Å². The second kappa shape index (κ2) is 22.2. The number of nitrogens with two attached hydrogens (primary N) is 2. The third-order valence-electron chi connectivity index (χ3n) is 4.86. The van der Waals surface area contributed by atoms with Crippen LogP contribution in [-0.2, 0) is 9.53 Å². The first-order chi connectivity index (χ1) is 13.7. The summed E-state index contributed by atoms with van der Waals surface area (Å²) in [4.78, 5) is 11.7. The Labute approximate surface area is 174 Å². The molecule has 0 aromatic heterocycles. The second-order valence-corrected chi connectivity index (χ2v) is 7.64. The molecule has 0 spiro atoms. The molecule has 0 saturated heterocycles. The lowest BCUT2D eigenvalue weighted by atomic mass is 10.1. The number of ether oxygens (including phenoxy) is 1. The lowest BCUT2D eigenvalue weighted by molar-refractivity contribution is -0.145.